The minimum absolute atomic E-state index is 0.0664. The first-order valence-corrected chi connectivity index (χ1v) is 8.81. The Morgan fingerprint density at radius 1 is 0.857 bits per heavy atom. The van der Waals surface area contributed by atoms with Crippen molar-refractivity contribution in [2.24, 2.45) is 0 Å². The molecular weight excluding hydrogens is 354 g/mol. The van der Waals surface area contributed by atoms with E-state index in [9.17, 15) is 14.7 Å². The van der Waals surface area contributed by atoms with Crippen molar-refractivity contribution < 1.29 is 14.7 Å². The van der Waals surface area contributed by atoms with E-state index < -0.39 is 0 Å². The number of carbonyl (C=O) groups excluding carboxylic acids is 2. The van der Waals surface area contributed by atoms with Gasteiger partial charge in [0.1, 0.15) is 5.75 Å². The van der Waals surface area contributed by atoms with Gasteiger partial charge in [-0.3, -0.25) is 4.79 Å². The molecule has 0 atom stereocenters. The molecule has 0 unspecified atom stereocenters. The predicted molar refractivity (Wildman–Crippen MR) is 110 cm³/mol. The largest absolute Gasteiger partial charge is 0.507 e. The van der Waals surface area contributed by atoms with E-state index in [4.69, 9.17) is 0 Å². The summed E-state index contributed by atoms with van der Waals surface area (Å²) in [6.07, 6.45) is 0. The number of phenolic OH excluding ortho intramolecular Hbond substituents is 1. The second-order valence-corrected chi connectivity index (χ2v) is 6.35. The number of benzene rings is 3. The molecule has 142 valence electrons. The third-order valence-corrected chi connectivity index (χ3v) is 4.06. The molecule has 0 radical (unpaired) electrons. The van der Waals surface area contributed by atoms with E-state index >= 15 is 0 Å². The van der Waals surface area contributed by atoms with Gasteiger partial charge in [-0.1, -0.05) is 36.4 Å². The fourth-order valence-electron chi connectivity index (χ4n) is 2.72. The topological polar surface area (TPSA) is 90.5 Å². The SMILES string of the molecule is Cc1cccc(NC(=O)Nc2cccc(CNC(=O)c3ccccc3O)c2)c1. The van der Waals surface area contributed by atoms with Gasteiger partial charge in [-0.2, -0.15) is 0 Å². The molecule has 3 amide bonds. The summed E-state index contributed by atoms with van der Waals surface area (Å²) in [5.41, 5.74) is 3.41. The number of urea groups is 1. The molecule has 0 saturated carbocycles. The van der Waals surface area contributed by atoms with Gasteiger partial charge in [0.2, 0.25) is 0 Å². The predicted octanol–water partition coefficient (Wildman–Crippen LogP) is 4.27. The summed E-state index contributed by atoms with van der Waals surface area (Å²) >= 11 is 0. The number of phenols is 1. The number of carbonyl (C=O) groups is 2. The summed E-state index contributed by atoms with van der Waals surface area (Å²) in [7, 11) is 0. The Balaban J connectivity index is 1.58. The average molecular weight is 375 g/mol. The van der Waals surface area contributed by atoms with Crippen LogP contribution in [0.1, 0.15) is 21.5 Å². The summed E-state index contributed by atoms with van der Waals surface area (Å²) in [5, 5.41) is 18.1. The number of hydrogen-bond acceptors (Lipinski definition) is 3. The van der Waals surface area contributed by atoms with Crippen LogP contribution in [0, 0.1) is 6.92 Å². The lowest BCUT2D eigenvalue weighted by molar-refractivity contribution is 0.0948. The number of rotatable bonds is 5. The number of anilines is 2. The molecule has 0 fully saturated rings. The van der Waals surface area contributed by atoms with Crippen molar-refractivity contribution in [1.29, 1.82) is 0 Å². The average Bonchev–Trinajstić information content (AvgIpc) is 2.67. The van der Waals surface area contributed by atoms with Crippen LogP contribution in [0.5, 0.6) is 5.75 Å². The van der Waals surface area contributed by atoms with Crippen LogP contribution in [-0.4, -0.2) is 17.0 Å². The standard InChI is InChI=1S/C22H21N3O3/c1-15-6-4-8-17(12-15)24-22(28)25-18-9-5-7-16(13-18)14-23-21(27)19-10-2-3-11-20(19)26/h2-13,26H,14H2,1H3,(H,23,27)(H2,24,25,28). The molecule has 0 saturated heterocycles. The first-order chi connectivity index (χ1) is 13.5. The first kappa shape index (κ1) is 19.0. The monoisotopic (exact) mass is 375 g/mol. The highest BCUT2D eigenvalue weighted by molar-refractivity contribution is 6.00. The van der Waals surface area contributed by atoms with Crippen LogP contribution in [0.4, 0.5) is 16.2 Å². The third-order valence-electron chi connectivity index (χ3n) is 4.06. The molecule has 0 aliphatic rings. The lowest BCUT2D eigenvalue weighted by Gasteiger charge is -2.10. The highest BCUT2D eigenvalue weighted by Gasteiger charge is 2.10. The fraction of sp³-hybridized carbons (Fsp3) is 0.0909. The summed E-state index contributed by atoms with van der Waals surface area (Å²) in [6.45, 7) is 2.22. The minimum Gasteiger partial charge on any atom is -0.507 e. The summed E-state index contributed by atoms with van der Waals surface area (Å²) in [6, 6.07) is 20.7. The zero-order valence-electron chi connectivity index (χ0n) is 15.4. The Kier molecular flexibility index (Phi) is 5.91. The van der Waals surface area contributed by atoms with E-state index in [2.05, 4.69) is 16.0 Å². The van der Waals surface area contributed by atoms with Crippen LogP contribution in [0.2, 0.25) is 0 Å². The van der Waals surface area contributed by atoms with Crippen LogP contribution in [0.3, 0.4) is 0 Å². The molecule has 0 heterocycles. The number of para-hydroxylation sites is 1. The minimum atomic E-state index is -0.367. The van der Waals surface area contributed by atoms with E-state index in [1.54, 1.807) is 36.4 Å². The number of aryl methyl sites for hydroxylation is 1. The Bertz CT molecular complexity index is 1000. The molecular formula is C22H21N3O3. The van der Waals surface area contributed by atoms with E-state index in [0.29, 0.717) is 11.4 Å². The van der Waals surface area contributed by atoms with Gasteiger partial charge in [0.15, 0.2) is 0 Å². The normalized spacial score (nSPS) is 10.2. The van der Waals surface area contributed by atoms with Gasteiger partial charge < -0.3 is 21.1 Å². The van der Waals surface area contributed by atoms with Gasteiger partial charge in [0.05, 0.1) is 5.56 Å². The van der Waals surface area contributed by atoms with Crippen molar-refractivity contribution in [3.05, 3.63) is 89.5 Å². The number of nitrogens with one attached hydrogen (secondary N) is 3. The second kappa shape index (κ2) is 8.73. The lowest BCUT2D eigenvalue weighted by atomic mass is 10.1. The van der Waals surface area contributed by atoms with Crippen molar-refractivity contribution in [1.82, 2.24) is 5.32 Å². The van der Waals surface area contributed by atoms with E-state index in [-0.39, 0.29) is 29.8 Å². The van der Waals surface area contributed by atoms with Gasteiger partial charge in [-0.15, -0.1) is 0 Å². The number of amides is 3. The summed E-state index contributed by atoms with van der Waals surface area (Å²) < 4.78 is 0. The van der Waals surface area contributed by atoms with E-state index in [1.807, 2.05) is 37.3 Å². The highest BCUT2D eigenvalue weighted by atomic mass is 16.3. The highest BCUT2D eigenvalue weighted by Crippen LogP contribution is 2.16. The number of hydrogen-bond donors (Lipinski definition) is 4. The quantitative estimate of drug-likeness (QED) is 0.537. The van der Waals surface area contributed by atoms with Crippen LogP contribution < -0.4 is 16.0 Å². The molecule has 3 rings (SSSR count). The molecule has 0 aromatic heterocycles. The van der Waals surface area contributed by atoms with Gasteiger partial charge in [0.25, 0.3) is 5.91 Å². The van der Waals surface area contributed by atoms with Crippen molar-refractivity contribution in [2.45, 2.75) is 13.5 Å². The van der Waals surface area contributed by atoms with Gasteiger partial charge in [-0.05, 0) is 54.4 Å². The third kappa shape index (κ3) is 5.11. The first-order valence-electron chi connectivity index (χ1n) is 8.81. The molecule has 28 heavy (non-hydrogen) atoms. The smallest absolute Gasteiger partial charge is 0.323 e. The van der Waals surface area contributed by atoms with Crippen LogP contribution in [-0.2, 0) is 6.54 Å². The molecule has 0 spiro atoms. The Morgan fingerprint density at radius 3 is 2.25 bits per heavy atom. The lowest BCUT2D eigenvalue weighted by Crippen LogP contribution is -2.23. The maximum atomic E-state index is 12.2. The Labute approximate surface area is 163 Å². The van der Waals surface area contributed by atoms with E-state index in [0.717, 1.165) is 11.1 Å². The molecule has 0 aliphatic carbocycles. The van der Waals surface area contributed by atoms with Gasteiger partial charge in [-0.25, -0.2) is 4.79 Å². The van der Waals surface area contributed by atoms with Crippen molar-refractivity contribution in [3.63, 3.8) is 0 Å². The van der Waals surface area contributed by atoms with Gasteiger partial charge in [0, 0.05) is 17.9 Å². The summed E-state index contributed by atoms with van der Waals surface area (Å²) in [5.74, 6) is -0.433. The van der Waals surface area contributed by atoms with Gasteiger partial charge >= 0.3 is 6.03 Å². The maximum absolute atomic E-state index is 12.2. The molecule has 0 aliphatic heterocycles. The fourth-order valence-corrected chi connectivity index (χ4v) is 2.72. The molecule has 4 N–H and O–H groups in total. The van der Waals surface area contributed by atoms with E-state index in [1.165, 1.54) is 6.07 Å². The molecule has 6 heteroatoms. The second-order valence-electron chi connectivity index (χ2n) is 6.35. The Morgan fingerprint density at radius 2 is 1.54 bits per heavy atom. The number of aromatic hydroxyl groups is 1. The maximum Gasteiger partial charge on any atom is 0.323 e. The van der Waals surface area contributed by atoms with Crippen molar-refractivity contribution >= 4 is 23.3 Å². The molecule has 0 bridgehead atoms. The zero-order valence-corrected chi connectivity index (χ0v) is 15.4. The van der Waals surface area contributed by atoms with Crippen LogP contribution in [0.15, 0.2) is 72.8 Å². The molecule has 6 nitrogen and oxygen atoms in total. The molecule has 3 aromatic carbocycles. The van der Waals surface area contributed by atoms with Crippen molar-refractivity contribution in [2.75, 3.05) is 10.6 Å². The Hall–Kier alpha value is -3.80. The zero-order chi connectivity index (χ0) is 19.9. The van der Waals surface area contributed by atoms with Crippen molar-refractivity contribution in [3.8, 4) is 5.75 Å². The van der Waals surface area contributed by atoms with Crippen LogP contribution >= 0.6 is 0 Å². The van der Waals surface area contributed by atoms with Crippen LogP contribution in [0.25, 0.3) is 0 Å². The molecule has 3 aromatic rings. The summed E-state index contributed by atoms with van der Waals surface area (Å²) in [4.78, 5) is 24.4.